The van der Waals surface area contributed by atoms with Gasteiger partial charge in [0.25, 0.3) is 0 Å². The van der Waals surface area contributed by atoms with Crippen LogP contribution < -0.4 is 19.9 Å². The molecule has 5 N–H and O–H groups in total. The molecule has 0 saturated heterocycles. The molecule has 0 amide bonds. The third kappa shape index (κ3) is 8.52. The van der Waals surface area contributed by atoms with Gasteiger partial charge in [-0.2, -0.15) is 13.2 Å². The predicted octanol–water partition coefficient (Wildman–Crippen LogP) is 3.77. The maximum atomic E-state index is 13.6. The van der Waals surface area contributed by atoms with E-state index in [1.54, 1.807) is 0 Å². The van der Waals surface area contributed by atoms with Gasteiger partial charge in [0.1, 0.15) is 5.75 Å². The van der Waals surface area contributed by atoms with Crippen molar-refractivity contribution < 1.29 is 60.1 Å². The number of hydrogen-bond donors (Lipinski definition) is 4. The number of phosphoric ester groups is 1. The number of fused-ring (bicyclic) bond motifs is 1. The lowest BCUT2D eigenvalue weighted by Crippen LogP contribution is -2.48. The summed E-state index contributed by atoms with van der Waals surface area (Å²) in [5.74, 6) is -0.651. The lowest BCUT2D eigenvalue weighted by molar-refractivity contribution is -0.286. The Kier molecular flexibility index (Phi) is 8.72. The highest BCUT2D eigenvalue weighted by atomic mass is 31.2. The van der Waals surface area contributed by atoms with Crippen LogP contribution in [0.3, 0.4) is 0 Å². The SMILES string of the molecule is NC(CO)(CCc1ccc(OCCCc2ccc3c(c2)OC(F)(F)O3)c(C(F)(F)F)c1)COP(=O)(O)O. The maximum Gasteiger partial charge on any atom is 0.586 e. The normalized spacial score (nSPS) is 16.5. The summed E-state index contributed by atoms with van der Waals surface area (Å²) in [5.41, 5.74) is 4.05. The van der Waals surface area contributed by atoms with Gasteiger partial charge >= 0.3 is 20.3 Å². The number of benzene rings is 2. The molecule has 1 unspecified atom stereocenters. The summed E-state index contributed by atoms with van der Waals surface area (Å²) >= 11 is 0. The molecule has 206 valence electrons. The van der Waals surface area contributed by atoms with Gasteiger partial charge < -0.3 is 34.8 Å². The van der Waals surface area contributed by atoms with Crippen LogP contribution in [-0.4, -0.2) is 46.5 Å². The molecule has 3 rings (SSSR count). The molecule has 1 atom stereocenters. The number of aliphatic hydroxyl groups is 1. The molecule has 37 heavy (non-hydrogen) atoms. The number of alkyl halides is 5. The lowest BCUT2D eigenvalue weighted by atomic mass is 9.93. The van der Waals surface area contributed by atoms with Gasteiger partial charge in [0.2, 0.25) is 0 Å². The van der Waals surface area contributed by atoms with Crippen LogP contribution in [0.15, 0.2) is 36.4 Å². The first-order chi connectivity index (χ1) is 17.1. The zero-order chi connectivity index (χ0) is 27.5. The summed E-state index contributed by atoms with van der Waals surface area (Å²) in [6.45, 7) is -1.51. The molecule has 0 saturated carbocycles. The van der Waals surface area contributed by atoms with E-state index in [-0.39, 0.29) is 42.9 Å². The molecular weight excluding hydrogens is 532 g/mol. The molecule has 9 nitrogen and oxygen atoms in total. The monoisotopic (exact) mass is 557 g/mol. The summed E-state index contributed by atoms with van der Waals surface area (Å²) in [6.07, 6.45) is -8.06. The van der Waals surface area contributed by atoms with Crippen LogP contribution in [0.2, 0.25) is 0 Å². The second-order valence-corrected chi connectivity index (χ2v) is 9.75. The van der Waals surface area contributed by atoms with Gasteiger partial charge in [-0.1, -0.05) is 12.1 Å². The number of hydrogen-bond acceptors (Lipinski definition) is 7. The van der Waals surface area contributed by atoms with Gasteiger partial charge in [0, 0.05) is 0 Å². The third-order valence-corrected chi connectivity index (χ3v) is 5.89. The summed E-state index contributed by atoms with van der Waals surface area (Å²) in [4.78, 5) is 17.6. The van der Waals surface area contributed by atoms with Gasteiger partial charge in [0.05, 0.1) is 30.9 Å². The van der Waals surface area contributed by atoms with Crippen molar-refractivity contribution in [3.8, 4) is 17.2 Å². The fourth-order valence-electron chi connectivity index (χ4n) is 3.49. The van der Waals surface area contributed by atoms with Crippen LogP contribution in [0.5, 0.6) is 17.2 Å². The first kappa shape index (κ1) is 29.1. The average Bonchev–Trinajstić information content (AvgIpc) is 3.11. The van der Waals surface area contributed by atoms with E-state index in [1.165, 1.54) is 24.3 Å². The lowest BCUT2D eigenvalue weighted by Gasteiger charge is -2.27. The molecule has 1 aliphatic heterocycles. The number of phosphoric acid groups is 1. The molecule has 0 aliphatic carbocycles. The molecule has 1 heterocycles. The zero-order valence-corrected chi connectivity index (χ0v) is 20.1. The Balaban J connectivity index is 1.59. The second kappa shape index (κ2) is 11.1. The smallest absolute Gasteiger partial charge is 0.493 e. The van der Waals surface area contributed by atoms with E-state index in [0.717, 1.165) is 12.1 Å². The predicted molar refractivity (Wildman–Crippen MR) is 118 cm³/mol. The van der Waals surface area contributed by atoms with E-state index in [1.807, 2.05) is 0 Å². The zero-order valence-electron chi connectivity index (χ0n) is 19.2. The molecule has 2 aromatic rings. The number of aryl methyl sites for hydroxylation is 2. The fraction of sp³-hybridized carbons (Fsp3) is 0.455. The van der Waals surface area contributed by atoms with E-state index in [4.69, 9.17) is 20.3 Å². The molecule has 1 aliphatic rings. The van der Waals surface area contributed by atoms with Crippen LogP contribution in [0.1, 0.15) is 29.5 Å². The van der Waals surface area contributed by atoms with E-state index < -0.39 is 50.4 Å². The molecule has 0 fully saturated rings. The Morgan fingerprint density at radius 1 is 1.00 bits per heavy atom. The third-order valence-electron chi connectivity index (χ3n) is 5.43. The maximum absolute atomic E-state index is 13.6. The van der Waals surface area contributed by atoms with E-state index in [0.29, 0.717) is 12.0 Å². The highest BCUT2D eigenvalue weighted by Gasteiger charge is 2.43. The molecule has 0 radical (unpaired) electrons. The summed E-state index contributed by atoms with van der Waals surface area (Å²) in [7, 11) is -4.85. The summed E-state index contributed by atoms with van der Waals surface area (Å²) < 4.78 is 96.4. The van der Waals surface area contributed by atoms with Gasteiger partial charge in [-0.15, -0.1) is 8.78 Å². The highest BCUT2D eigenvalue weighted by Crippen LogP contribution is 2.42. The number of aliphatic hydroxyl groups excluding tert-OH is 1. The van der Waals surface area contributed by atoms with E-state index >= 15 is 0 Å². The van der Waals surface area contributed by atoms with Gasteiger partial charge in [0.15, 0.2) is 11.5 Å². The Morgan fingerprint density at radius 2 is 1.65 bits per heavy atom. The minimum absolute atomic E-state index is 0.0475. The van der Waals surface area contributed by atoms with Gasteiger partial charge in [-0.3, -0.25) is 4.52 Å². The van der Waals surface area contributed by atoms with E-state index in [2.05, 4.69) is 14.0 Å². The molecular formula is C22H25F5NO8P. The molecule has 2 aromatic carbocycles. The first-order valence-electron chi connectivity index (χ1n) is 10.9. The minimum atomic E-state index is -4.85. The van der Waals surface area contributed by atoms with Crippen LogP contribution in [0.25, 0.3) is 0 Å². The Morgan fingerprint density at radius 3 is 2.30 bits per heavy atom. The Labute approximate surface area is 208 Å². The molecule has 15 heteroatoms. The van der Waals surface area contributed by atoms with Crippen LogP contribution in [-0.2, 0) is 28.1 Å². The summed E-state index contributed by atoms with van der Waals surface area (Å²) in [6, 6.07) is 7.61. The summed E-state index contributed by atoms with van der Waals surface area (Å²) in [5, 5.41) is 9.46. The number of nitrogens with two attached hydrogens (primary N) is 1. The van der Waals surface area contributed by atoms with Gasteiger partial charge in [-0.05, 0) is 61.1 Å². The first-order valence-corrected chi connectivity index (χ1v) is 12.4. The van der Waals surface area contributed by atoms with Crippen molar-refractivity contribution in [3.05, 3.63) is 53.1 Å². The molecule has 0 aromatic heterocycles. The van der Waals surface area contributed by atoms with Crippen molar-refractivity contribution in [3.63, 3.8) is 0 Å². The van der Waals surface area contributed by atoms with Crippen LogP contribution in [0.4, 0.5) is 22.0 Å². The molecule has 0 bridgehead atoms. The molecule has 0 spiro atoms. The number of ether oxygens (including phenoxy) is 3. The fourth-order valence-corrected chi connectivity index (χ4v) is 3.92. The topological polar surface area (TPSA) is 141 Å². The Bertz CT molecular complexity index is 1140. The highest BCUT2D eigenvalue weighted by molar-refractivity contribution is 7.46. The Hall–Kier alpha value is -2.48. The van der Waals surface area contributed by atoms with Gasteiger partial charge in [-0.25, -0.2) is 4.57 Å². The van der Waals surface area contributed by atoms with Crippen molar-refractivity contribution in [2.24, 2.45) is 5.73 Å². The largest absolute Gasteiger partial charge is 0.586 e. The average molecular weight is 557 g/mol. The van der Waals surface area contributed by atoms with Crippen molar-refractivity contribution in [1.29, 1.82) is 0 Å². The van der Waals surface area contributed by atoms with E-state index in [9.17, 15) is 31.6 Å². The van der Waals surface area contributed by atoms with Crippen LogP contribution in [0, 0.1) is 0 Å². The van der Waals surface area contributed by atoms with Crippen molar-refractivity contribution in [2.45, 2.75) is 43.7 Å². The quantitative estimate of drug-likeness (QED) is 0.174. The van der Waals surface area contributed by atoms with Crippen LogP contribution >= 0.6 is 7.82 Å². The standard InChI is InChI=1S/C22H25F5NO8P/c23-21(24,25)16-10-15(7-8-20(28,12-29)13-34-37(30,31)32)3-5-17(16)33-9-1-2-14-4-6-18-19(11-14)36-22(26,27)35-18/h3-6,10-11,29H,1-2,7-9,12-13,28H2,(H2,30,31,32). The second-order valence-electron chi connectivity index (χ2n) is 8.51. The van der Waals surface area contributed by atoms with Crippen molar-refractivity contribution in [2.75, 3.05) is 19.8 Å². The van der Waals surface area contributed by atoms with Crippen molar-refractivity contribution >= 4 is 7.82 Å². The van der Waals surface area contributed by atoms with Crippen molar-refractivity contribution in [1.82, 2.24) is 0 Å². The number of halogens is 5. The minimum Gasteiger partial charge on any atom is -0.493 e. The number of rotatable bonds is 12.